The Morgan fingerprint density at radius 3 is 2.76 bits per heavy atom. The maximum Gasteiger partial charge on any atom is 0.425 e. The molecule has 0 bridgehead atoms. The number of aromatic amines is 1. The van der Waals surface area contributed by atoms with Gasteiger partial charge in [-0.1, -0.05) is 0 Å². The van der Waals surface area contributed by atoms with Gasteiger partial charge >= 0.3 is 6.18 Å². The van der Waals surface area contributed by atoms with Crippen molar-refractivity contribution in [1.82, 2.24) is 10.2 Å². The van der Waals surface area contributed by atoms with Crippen LogP contribution in [0.15, 0.2) is 11.0 Å². The highest BCUT2D eigenvalue weighted by Crippen LogP contribution is 2.33. The number of alkyl halides is 3. The maximum atomic E-state index is 12.7. The molecule has 0 radical (unpaired) electrons. The number of primary amides is 1. The summed E-state index contributed by atoms with van der Waals surface area (Å²) in [4.78, 5) is 21.7. The van der Waals surface area contributed by atoms with E-state index in [0.29, 0.717) is 0 Å². The largest absolute Gasteiger partial charge is 0.486 e. The summed E-state index contributed by atoms with van der Waals surface area (Å²) in [6.45, 7) is 1.41. The number of carbonyl (C=O) groups is 1. The summed E-state index contributed by atoms with van der Waals surface area (Å²) in [7, 11) is 0. The first kappa shape index (κ1) is 17.0. The van der Waals surface area contributed by atoms with Gasteiger partial charge in [0.2, 0.25) is 5.91 Å². The average molecular weight is 309 g/mol. The number of nitrogens with one attached hydrogen (secondary N) is 1. The number of nitrogens with zero attached hydrogens (tertiary/aromatic N) is 1. The van der Waals surface area contributed by atoms with Crippen LogP contribution in [-0.2, 0) is 15.7 Å². The van der Waals surface area contributed by atoms with Crippen molar-refractivity contribution in [3.8, 4) is 5.75 Å². The minimum absolute atomic E-state index is 0.00686. The fourth-order valence-electron chi connectivity index (χ4n) is 1.41. The Hall–Kier alpha value is -2.10. The summed E-state index contributed by atoms with van der Waals surface area (Å²) in [5.41, 5.74) is 2.05. The van der Waals surface area contributed by atoms with Crippen LogP contribution in [-0.4, -0.2) is 35.4 Å². The van der Waals surface area contributed by atoms with Crippen LogP contribution in [0.5, 0.6) is 5.75 Å². The van der Waals surface area contributed by atoms with Crippen molar-refractivity contribution in [3.63, 3.8) is 0 Å². The van der Waals surface area contributed by atoms with E-state index in [2.05, 4.69) is 5.10 Å². The predicted molar refractivity (Wildman–Crippen MR) is 64.6 cm³/mol. The van der Waals surface area contributed by atoms with Gasteiger partial charge in [0.05, 0.1) is 19.4 Å². The van der Waals surface area contributed by atoms with Crippen molar-refractivity contribution in [1.29, 1.82) is 0 Å². The van der Waals surface area contributed by atoms with Gasteiger partial charge in [0.1, 0.15) is 6.10 Å². The second-order valence-electron chi connectivity index (χ2n) is 4.16. The van der Waals surface area contributed by atoms with Crippen molar-refractivity contribution in [3.05, 3.63) is 22.1 Å². The average Bonchev–Trinajstić information content (AvgIpc) is 2.32. The molecule has 1 amide bonds. The van der Waals surface area contributed by atoms with E-state index in [1.165, 1.54) is 6.92 Å². The zero-order valence-electron chi connectivity index (χ0n) is 11.1. The number of H-pyrrole nitrogens is 1. The molecule has 0 aliphatic carbocycles. The Bertz CT molecular complexity index is 544. The molecule has 0 spiro atoms. The van der Waals surface area contributed by atoms with Gasteiger partial charge < -0.3 is 15.2 Å². The number of carbonyl (C=O) groups excluding carboxylic acids is 1. The van der Waals surface area contributed by atoms with Crippen LogP contribution in [0.1, 0.15) is 18.9 Å². The summed E-state index contributed by atoms with van der Waals surface area (Å²) in [5.74, 6) is -1.24. The van der Waals surface area contributed by atoms with Gasteiger partial charge in [-0.25, -0.2) is 5.10 Å². The number of hydrogen-bond donors (Lipinski definition) is 2. The van der Waals surface area contributed by atoms with Gasteiger partial charge in [-0.15, -0.1) is 0 Å². The number of halogens is 3. The summed E-state index contributed by atoms with van der Waals surface area (Å²) < 4.78 is 48.3. The quantitative estimate of drug-likeness (QED) is 0.711. The lowest BCUT2D eigenvalue weighted by Gasteiger charge is -2.17. The minimum atomic E-state index is -4.86. The van der Waals surface area contributed by atoms with Gasteiger partial charge in [-0.3, -0.25) is 9.59 Å². The van der Waals surface area contributed by atoms with Crippen LogP contribution in [0.25, 0.3) is 0 Å². The monoisotopic (exact) mass is 309 g/mol. The SMILES string of the molecule is C[C@@H](COCCC(N)=O)Oc1cn[nH]c(=O)c1C(F)(F)F. The van der Waals surface area contributed by atoms with Gasteiger partial charge in [0.15, 0.2) is 11.3 Å². The molecule has 1 aromatic rings. The van der Waals surface area contributed by atoms with Crippen molar-refractivity contribution in [2.75, 3.05) is 13.2 Å². The lowest BCUT2D eigenvalue weighted by atomic mass is 10.2. The predicted octanol–water partition coefficient (Wildman–Crippen LogP) is 0.448. The topological polar surface area (TPSA) is 107 Å². The molecule has 7 nitrogen and oxygen atoms in total. The van der Waals surface area contributed by atoms with Gasteiger partial charge in [0, 0.05) is 6.42 Å². The Balaban J connectivity index is 2.68. The zero-order chi connectivity index (χ0) is 16.0. The normalized spacial score (nSPS) is 13.0. The third kappa shape index (κ3) is 5.42. The molecule has 10 heteroatoms. The molecule has 0 fully saturated rings. The highest BCUT2D eigenvalue weighted by atomic mass is 19.4. The molecule has 0 aromatic carbocycles. The number of amides is 1. The Kier molecular flexibility index (Phi) is 5.70. The summed E-state index contributed by atoms with van der Waals surface area (Å²) >= 11 is 0. The van der Waals surface area contributed by atoms with Crippen LogP contribution in [0.2, 0.25) is 0 Å². The van der Waals surface area contributed by atoms with Crippen molar-refractivity contribution in [2.45, 2.75) is 25.6 Å². The standard InChI is InChI=1S/C11H14F3N3O4/c1-6(5-20-3-2-8(15)18)21-7-4-16-17-10(19)9(7)11(12,13)14/h4,6H,2-3,5H2,1H3,(H2,15,18)(H,17,19)/t6-/m0/s1. The van der Waals surface area contributed by atoms with Crippen LogP contribution < -0.4 is 16.0 Å². The van der Waals surface area contributed by atoms with E-state index < -0.39 is 35.1 Å². The number of hydrogen-bond acceptors (Lipinski definition) is 5. The molecule has 0 aliphatic rings. The van der Waals surface area contributed by atoms with Crippen molar-refractivity contribution in [2.24, 2.45) is 5.73 Å². The first-order valence-electron chi connectivity index (χ1n) is 5.89. The van der Waals surface area contributed by atoms with E-state index in [-0.39, 0.29) is 19.6 Å². The summed E-state index contributed by atoms with van der Waals surface area (Å²) in [6, 6.07) is 0. The van der Waals surface area contributed by atoms with E-state index >= 15 is 0 Å². The molecular formula is C11H14F3N3O4. The molecule has 0 saturated heterocycles. The fourth-order valence-corrected chi connectivity index (χ4v) is 1.41. The molecule has 0 unspecified atom stereocenters. The number of ether oxygens (including phenoxy) is 2. The Morgan fingerprint density at radius 1 is 1.52 bits per heavy atom. The third-order valence-corrected chi connectivity index (χ3v) is 2.28. The molecule has 21 heavy (non-hydrogen) atoms. The molecule has 118 valence electrons. The molecular weight excluding hydrogens is 295 g/mol. The van der Waals surface area contributed by atoms with Crippen LogP contribution in [0.3, 0.4) is 0 Å². The second-order valence-corrected chi connectivity index (χ2v) is 4.16. The second kappa shape index (κ2) is 7.07. The zero-order valence-corrected chi connectivity index (χ0v) is 11.1. The first-order chi connectivity index (χ1) is 9.71. The van der Waals surface area contributed by atoms with Crippen LogP contribution in [0, 0.1) is 0 Å². The number of nitrogens with two attached hydrogens (primary N) is 1. The summed E-state index contributed by atoms with van der Waals surface area (Å²) in [5, 5.41) is 4.96. The van der Waals surface area contributed by atoms with E-state index in [9.17, 15) is 22.8 Å². The molecule has 3 N–H and O–H groups in total. The first-order valence-corrected chi connectivity index (χ1v) is 5.89. The maximum absolute atomic E-state index is 12.7. The fraction of sp³-hybridized carbons (Fsp3) is 0.545. The highest BCUT2D eigenvalue weighted by molar-refractivity contribution is 5.73. The van der Waals surface area contributed by atoms with Crippen molar-refractivity contribution >= 4 is 5.91 Å². The molecule has 1 aromatic heterocycles. The van der Waals surface area contributed by atoms with E-state index in [1.807, 2.05) is 0 Å². The number of rotatable bonds is 7. The molecule has 1 heterocycles. The Labute approximate surface area is 117 Å². The van der Waals surface area contributed by atoms with Crippen LogP contribution >= 0.6 is 0 Å². The van der Waals surface area contributed by atoms with Crippen molar-refractivity contribution < 1.29 is 27.4 Å². The molecule has 0 saturated carbocycles. The number of aromatic nitrogens is 2. The lowest BCUT2D eigenvalue weighted by Crippen LogP contribution is -2.27. The van der Waals surface area contributed by atoms with Gasteiger partial charge in [-0.05, 0) is 6.92 Å². The third-order valence-electron chi connectivity index (χ3n) is 2.28. The smallest absolute Gasteiger partial charge is 0.425 e. The lowest BCUT2D eigenvalue weighted by molar-refractivity contribution is -0.140. The van der Waals surface area contributed by atoms with Crippen LogP contribution in [0.4, 0.5) is 13.2 Å². The summed E-state index contributed by atoms with van der Waals surface area (Å²) in [6.07, 6.45) is -4.88. The molecule has 1 atom stereocenters. The molecule has 0 aliphatic heterocycles. The van der Waals surface area contributed by atoms with Gasteiger partial charge in [0.25, 0.3) is 5.56 Å². The van der Waals surface area contributed by atoms with E-state index in [1.54, 1.807) is 5.10 Å². The molecule has 1 rings (SSSR count). The van der Waals surface area contributed by atoms with E-state index in [0.717, 1.165) is 6.20 Å². The highest BCUT2D eigenvalue weighted by Gasteiger charge is 2.38. The van der Waals surface area contributed by atoms with E-state index in [4.69, 9.17) is 15.2 Å². The van der Waals surface area contributed by atoms with Gasteiger partial charge in [-0.2, -0.15) is 18.3 Å². The minimum Gasteiger partial charge on any atom is -0.486 e. The Morgan fingerprint density at radius 2 is 2.19 bits per heavy atom.